The Hall–Kier alpha value is -4.63. The summed E-state index contributed by atoms with van der Waals surface area (Å²) in [6, 6.07) is 2.03. The van der Waals surface area contributed by atoms with Crippen LogP contribution in [-0.2, 0) is 18.4 Å². The third kappa shape index (κ3) is 6.05. The molecule has 3 aromatic heterocycles. The van der Waals surface area contributed by atoms with Crippen LogP contribution in [-0.4, -0.2) is 62.2 Å². The number of aromatic hydroxyl groups is 1. The maximum Gasteiger partial charge on any atom is 0.263 e. The second kappa shape index (κ2) is 12.9. The number of fused-ring (bicyclic) bond motifs is 1. The summed E-state index contributed by atoms with van der Waals surface area (Å²) in [4.78, 5) is 48.1. The molecule has 2 amide bonds. The van der Waals surface area contributed by atoms with Gasteiger partial charge in [-0.05, 0) is 26.5 Å². The van der Waals surface area contributed by atoms with Gasteiger partial charge in [0.25, 0.3) is 11.5 Å². The van der Waals surface area contributed by atoms with Crippen LogP contribution in [0.25, 0.3) is 22.2 Å². The van der Waals surface area contributed by atoms with Gasteiger partial charge in [0.05, 0.1) is 17.4 Å². The van der Waals surface area contributed by atoms with E-state index in [2.05, 4.69) is 20.6 Å². The minimum absolute atomic E-state index is 0.0152. The number of rotatable bonds is 11. The van der Waals surface area contributed by atoms with Crippen LogP contribution in [0.15, 0.2) is 29.5 Å². The normalized spacial score (nSPS) is 12.0. The summed E-state index contributed by atoms with van der Waals surface area (Å²) in [5, 5.41) is 14.8. The third-order valence-corrected chi connectivity index (χ3v) is 7.54. The lowest BCUT2D eigenvalue weighted by molar-refractivity contribution is -0.116. The van der Waals surface area contributed by atoms with Crippen molar-refractivity contribution < 1.29 is 27.9 Å². The number of carbonyl (C=O) groups excluding carboxylic acids is 2. The Balaban J connectivity index is 1.77. The van der Waals surface area contributed by atoms with Crippen molar-refractivity contribution in [1.29, 1.82) is 0 Å². The highest BCUT2D eigenvalue weighted by Gasteiger charge is 2.27. The first-order valence-electron chi connectivity index (χ1n) is 13.4. The fourth-order valence-electron chi connectivity index (χ4n) is 4.71. The number of amides is 2. The van der Waals surface area contributed by atoms with Gasteiger partial charge < -0.3 is 35.5 Å². The van der Waals surface area contributed by atoms with Crippen LogP contribution < -0.4 is 26.8 Å². The van der Waals surface area contributed by atoms with E-state index in [4.69, 9.17) is 17.3 Å². The minimum Gasteiger partial charge on any atom is -0.504 e. The van der Waals surface area contributed by atoms with Gasteiger partial charge in [-0.1, -0.05) is 18.5 Å². The number of hydrogen-bond donors (Lipinski definition) is 4. The maximum atomic E-state index is 15.4. The van der Waals surface area contributed by atoms with Gasteiger partial charge in [-0.3, -0.25) is 14.4 Å². The Kier molecular flexibility index (Phi) is 9.49. The summed E-state index contributed by atoms with van der Waals surface area (Å²) in [5.74, 6) is -6.93. The van der Waals surface area contributed by atoms with Gasteiger partial charge in [-0.2, -0.15) is 4.39 Å². The number of likely N-dealkylation sites (N-methyl/N-ethyl adjacent to an activating group) is 1. The standard InChI is InChI=1S/C28H30ClF3N8O4/c1-5-13(2)40(7-6-34-3)18-9-17(22(29)25(32)37-18)36-19(41)11-39-10-15(20-27(39)35-12-38(4)28(20)44)14-8-16(30)24(42)21(23(14)31)26(33)43/h8-10,12-13,34,42H,5-7,11H2,1-4H3,(H2,33,43)(H,36,37,41)/t13-/m0/s1. The number of phenols is 1. The van der Waals surface area contributed by atoms with E-state index >= 15 is 4.39 Å². The summed E-state index contributed by atoms with van der Waals surface area (Å²) in [5.41, 5.74) is 2.45. The van der Waals surface area contributed by atoms with E-state index in [0.29, 0.717) is 19.2 Å². The van der Waals surface area contributed by atoms with E-state index < -0.39 is 63.4 Å². The van der Waals surface area contributed by atoms with Crippen molar-refractivity contribution in [3.63, 3.8) is 0 Å². The van der Waals surface area contributed by atoms with Crippen LogP contribution in [0.5, 0.6) is 5.75 Å². The maximum absolute atomic E-state index is 15.4. The lowest BCUT2D eigenvalue weighted by atomic mass is 10.0. The summed E-state index contributed by atoms with van der Waals surface area (Å²) in [6.07, 6.45) is 3.07. The van der Waals surface area contributed by atoms with Gasteiger partial charge in [0.1, 0.15) is 34.4 Å². The summed E-state index contributed by atoms with van der Waals surface area (Å²) in [7, 11) is 3.16. The molecule has 12 nitrogen and oxygen atoms in total. The number of anilines is 2. The number of primary amides is 1. The molecule has 0 fully saturated rings. The lowest BCUT2D eigenvalue weighted by Gasteiger charge is -2.30. The molecule has 1 atom stereocenters. The van der Waals surface area contributed by atoms with E-state index in [1.807, 2.05) is 18.7 Å². The Morgan fingerprint density at radius 1 is 1.23 bits per heavy atom. The second-order valence-corrected chi connectivity index (χ2v) is 10.5. The Morgan fingerprint density at radius 3 is 2.57 bits per heavy atom. The van der Waals surface area contributed by atoms with E-state index in [1.165, 1.54) is 30.2 Å². The minimum atomic E-state index is -1.44. The Labute approximate surface area is 254 Å². The molecule has 0 saturated carbocycles. The number of carbonyl (C=O) groups is 2. The molecule has 4 rings (SSSR count). The van der Waals surface area contributed by atoms with Crippen molar-refractivity contribution in [3.05, 3.63) is 63.2 Å². The van der Waals surface area contributed by atoms with Crippen LogP contribution in [0.3, 0.4) is 0 Å². The largest absolute Gasteiger partial charge is 0.504 e. The molecule has 0 spiro atoms. The van der Waals surface area contributed by atoms with Gasteiger partial charge >= 0.3 is 0 Å². The monoisotopic (exact) mass is 634 g/mol. The van der Waals surface area contributed by atoms with E-state index in [9.17, 15) is 28.3 Å². The molecule has 44 heavy (non-hydrogen) atoms. The van der Waals surface area contributed by atoms with Crippen LogP contribution in [0.1, 0.15) is 30.6 Å². The third-order valence-electron chi connectivity index (χ3n) is 7.18. The fraction of sp³-hybridized carbons (Fsp3) is 0.321. The summed E-state index contributed by atoms with van der Waals surface area (Å²) < 4.78 is 47.1. The number of aromatic nitrogens is 4. The molecule has 5 N–H and O–H groups in total. The van der Waals surface area contributed by atoms with E-state index in [0.717, 1.165) is 11.0 Å². The first-order chi connectivity index (χ1) is 20.8. The van der Waals surface area contributed by atoms with Crippen molar-refractivity contribution in [1.82, 2.24) is 24.4 Å². The molecule has 0 aliphatic rings. The highest BCUT2D eigenvalue weighted by atomic mass is 35.5. The average Bonchev–Trinajstić information content (AvgIpc) is 3.33. The topological polar surface area (TPSA) is 160 Å². The molecule has 0 aliphatic carbocycles. The Bertz CT molecular complexity index is 1830. The van der Waals surface area contributed by atoms with Gasteiger partial charge in [-0.25, -0.2) is 18.7 Å². The first-order valence-corrected chi connectivity index (χ1v) is 13.8. The van der Waals surface area contributed by atoms with E-state index in [-0.39, 0.29) is 34.1 Å². The second-order valence-electron chi connectivity index (χ2n) is 10.1. The van der Waals surface area contributed by atoms with Gasteiger partial charge in [0.15, 0.2) is 11.6 Å². The van der Waals surface area contributed by atoms with E-state index in [1.54, 1.807) is 7.05 Å². The molecular formula is C28H30ClF3N8O4. The zero-order chi connectivity index (χ0) is 32.5. The molecule has 234 valence electrons. The SMILES string of the molecule is CC[C@H](C)N(CCNC)c1cc(NC(=O)Cn2cc(-c3cc(F)c(O)c(C(N)=O)c3F)c3c(=O)n(C)cnc32)c(Cl)c(F)n1. The molecule has 1 aromatic carbocycles. The molecule has 0 unspecified atom stereocenters. The number of hydrogen-bond acceptors (Lipinski definition) is 8. The molecule has 0 aliphatic heterocycles. The lowest BCUT2D eigenvalue weighted by Crippen LogP contribution is -2.38. The van der Waals surface area contributed by atoms with Crippen molar-refractivity contribution in [2.45, 2.75) is 32.9 Å². The number of pyridine rings is 1. The van der Waals surface area contributed by atoms with Gasteiger partial charge in [-0.15, -0.1) is 0 Å². The predicted molar refractivity (Wildman–Crippen MR) is 159 cm³/mol. The average molecular weight is 635 g/mol. The smallest absolute Gasteiger partial charge is 0.263 e. The molecule has 0 saturated heterocycles. The first kappa shape index (κ1) is 32.3. The quantitative estimate of drug-likeness (QED) is 0.183. The zero-order valence-corrected chi connectivity index (χ0v) is 25.0. The zero-order valence-electron chi connectivity index (χ0n) is 24.2. The molecular weight excluding hydrogens is 605 g/mol. The van der Waals surface area contributed by atoms with Crippen molar-refractivity contribution in [3.8, 4) is 16.9 Å². The predicted octanol–water partition coefficient (Wildman–Crippen LogP) is 3.14. The number of aryl methyl sites for hydroxylation is 1. The Morgan fingerprint density at radius 2 is 1.93 bits per heavy atom. The summed E-state index contributed by atoms with van der Waals surface area (Å²) >= 11 is 6.16. The molecule has 16 heteroatoms. The molecule has 0 radical (unpaired) electrons. The molecule has 4 aromatic rings. The number of benzene rings is 1. The number of halogens is 4. The van der Waals surface area contributed by atoms with Gasteiger partial charge in [0, 0.05) is 49.6 Å². The van der Waals surface area contributed by atoms with Gasteiger partial charge in [0.2, 0.25) is 11.9 Å². The van der Waals surface area contributed by atoms with Crippen molar-refractivity contribution in [2.75, 3.05) is 30.4 Å². The molecule has 0 bridgehead atoms. The highest BCUT2D eigenvalue weighted by Crippen LogP contribution is 2.36. The van der Waals surface area contributed by atoms with Crippen LogP contribution in [0.2, 0.25) is 5.02 Å². The number of nitrogens with zero attached hydrogens (tertiary/aromatic N) is 5. The van der Waals surface area contributed by atoms with Crippen LogP contribution >= 0.6 is 11.6 Å². The van der Waals surface area contributed by atoms with Crippen LogP contribution in [0, 0.1) is 17.6 Å². The van der Waals surface area contributed by atoms with Crippen molar-refractivity contribution in [2.24, 2.45) is 12.8 Å². The summed E-state index contributed by atoms with van der Waals surface area (Å²) in [6.45, 7) is 4.48. The number of nitrogens with two attached hydrogens (primary N) is 1. The fourth-order valence-corrected chi connectivity index (χ4v) is 4.85. The number of nitrogens with one attached hydrogen (secondary N) is 2. The highest BCUT2D eigenvalue weighted by molar-refractivity contribution is 6.33. The van der Waals surface area contributed by atoms with Crippen molar-refractivity contribution >= 4 is 46.0 Å². The van der Waals surface area contributed by atoms with Crippen LogP contribution in [0.4, 0.5) is 24.7 Å². The molecule has 3 heterocycles.